The molecular weight excluding hydrogens is 648 g/mol. The fourth-order valence-electron chi connectivity index (χ4n) is 7.84. The Labute approximate surface area is 304 Å². The smallest absolute Gasteiger partial charge is 0.329 e. The van der Waals surface area contributed by atoms with Crippen molar-refractivity contribution in [3.8, 4) is 17.2 Å². The summed E-state index contributed by atoms with van der Waals surface area (Å²) in [7, 11) is 3.23. The first kappa shape index (κ1) is 38.6. The summed E-state index contributed by atoms with van der Waals surface area (Å²) in [5.74, 6) is 1.00. The Hall–Kier alpha value is -3.60. The lowest BCUT2D eigenvalue weighted by atomic mass is 9.76. The molecule has 2 aromatic rings. The third kappa shape index (κ3) is 10.7. The van der Waals surface area contributed by atoms with Gasteiger partial charge in [0.05, 0.1) is 39.5 Å². The van der Waals surface area contributed by atoms with Crippen LogP contribution in [0, 0.1) is 11.8 Å². The van der Waals surface area contributed by atoms with Gasteiger partial charge in [0, 0.05) is 26.2 Å². The summed E-state index contributed by atoms with van der Waals surface area (Å²) in [5.41, 5.74) is 1.86. The number of rotatable bonds is 16. The van der Waals surface area contributed by atoms with Crippen molar-refractivity contribution in [2.75, 3.05) is 60.2 Å². The number of hydrogen-bond acceptors (Lipinski definition) is 9. The molecule has 2 aromatic carbocycles. The predicted octanol–water partition coefficient (Wildman–Crippen LogP) is 6.15. The number of methoxy groups -OCH3 is 2. The van der Waals surface area contributed by atoms with Gasteiger partial charge in [-0.05, 0) is 93.2 Å². The van der Waals surface area contributed by atoms with Crippen molar-refractivity contribution < 1.29 is 38.4 Å². The highest BCUT2D eigenvalue weighted by Crippen LogP contribution is 2.36. The van der Waals surface area contributed by atoms with E-state index in [1.54, 1.807) is 31.3 Å². The Bertz CT molecular complexity index is 1420. The number of carbonyl (C=O) groups excluding carboxylic acids is 2. The normalized spacial score (nSPS) is 20.8. The Morgan fingerprint density at radius 2 is 1.71 bits per heavy atom. The van der Waals surface area contributed by atoms with Gasteiger partial charge >= 0.3 is 5.97 Å². The number of aliphatic hydroxyl groups excluding tert-OH is 1. The molecule has 1 aliphatic carbocycles. The van der Waals surface area contributed by atoms with Crippen LogP contribution in [0.5, 0.6) is 17.2 Å². The molecule has 2 saturated heterocycles. The molecule has 0 aromatic heterocycles. The molecule has 10 nitrogen and oxygen atoms in total. The molecule has 1 N–H and O–H groups in total. The van der Waals surface area contributed by atoms with E-state index in [2.05, 4.69) is 4.90 Å². The molecular formula is C41H58N2O8. The zero-order chi connectivity index (χ0) is 36.0. The summed E-state index contributed by atoms with van der Waals surface area (Å²) in [6.45, 7) is 6.96. The minimum absolute atomic E-state index is 0.0938. The summed E-state index contributed by atoms with van der Waals surface area (Å²) in [6.07, 6.45) is 10.5. The molecule has 5 rings (SSSR count). The number of nitrogens with zero attached hydrogens (tertiary/aromatic N) is 2. The topological polar surface area (TPSA) is 107 Å². The number of esters is 1. The fraction of sp³-hybridized carbons (Fsp3) is 0.610. The molecule has 0 bridgehead atoms. The minimum atomic E-state index is -0.885. The lowest BCUT2D eigenvalue weighted by Crippen LogP contribution is -2.53. The van der Waals surface area contributed by atoms with Crippen LogP contribution in [0.3, 0.4) is 0 Å². The third-order valence-corrected chi connectivity index (χ3v) is 10.7. The highest BCUT2D eigenvalue weighted by Gasteiger charge is 2.42. The van der Waals surface area contributed by atoms with Crippen molar-refractivity contribution >= 4 is 11.9 Å². The van der Waals surface area contributed by atoms with Crippen LogP contribution >= 0.6 is 0 Å². The molecule has 3 fully saturated rings. The highest BCUT2D eigenvalue weighted by molar-refractivity contribution is 5.87. The monoisotopic (exact) mass is 706 g/mol. The summed E-state index contributed by atoms with van der Waals surface area (Å²) >= 11 is 0. The molecule has 0 unspecified atom stereocenters. The molecule has 1 saturated carbocycles. The lowest BCUT2D eigenvalue weighted by Gasteiger charge is -2.40. The summed E-state index contributed by atoms with van der Waals surface area (Å²) < 4.78 is 29.0. The number of benzene rings is 2. The Morgan fingerprint density at radius 1 is 0.941 bits per heavy atom. The molecule has 51 heavy (non-hydrogen) atoms. The van der Waals surface area contributed by atoms with Crippen LogP contribution in [0.2, 0.25) is 0 Å². The van der Waals surface area contributed by atoms with E-state index in [0.29, 0.717) is 43.9 Å². The Morgan fingerprint density at radius 3 is 2.45 bits per heavy atom. The second-order valence-electron chi connectivity index (χ2n) is 14.0. The van der Waals surface area contributed by atoms with Gasteiger partial charge in [0.15, 0.2) is 11.5 Å². The maximum atomic E-state index is 14.3. The number of hydrogen-bond donors (Lipinski definition) is 1. The average Bonchev–Trinajstić information content (AvgIpc) is 3.17. The molecule has 280 valence electrons. The minimum Gasteiger partial charge on any atom is -0.493 e. The Balaban J connectivity index is 1.35. The second kappa shape index (κ2) is 19.9. The van der Waals surface area contributed by atoms with E-state index in [4.69, 9.17) is 23.7 Å². The largest absolute Gasteiger partial charge is 0.493 e. The standard InChI is InChI=1S/C41H58N2O8/c1-4-11-35(44)39(31-12-6-5-7-13-31)40(45)43-21-9-8-16-34(43)41(46)51-36(19-17-30-18-20-37(47-2)38(28-30)48-3)32-14-10-15-33(29-32)50-27-24-42-22-25-49-26-23-42/h4,10-11,14-15,18,20,28-29,31,34-36,39,44H,5-9,12-13,16-17,19,21-27H2,1-3H3/t34-,35-,36+,39+/m1/s1. The number of carbonyl (C=O) groups is 2. The van der Waals surface area contributed by atoms with Gasteiger partial charge in [-0.25, -0.2) is 4.79 Å². The zero-order valence-corrected chi connectivity index (χ0v) is 30.8. The quantitative estimate of drug-likeness (QED) is 0.163. The lowest BCUT2D eigenvalue weighted by molar-refractivity contribution is -0.165. The first-order valence-electron chi connectivity index (χ1n) is 19.0. The van der Waals surface area contributed by atoms with Crippen molar-refractivity contribution in [1.82, 2.24) is 9.80 Å². The first-order chi connectivity index (χ1) is 24.9. The van der Waals surface area contributed by atoms with Crippen LogP contribution in [0.25, 0.3) is 0 Å². The van der Waals surface area contributed by atoms with Crippen LogP contribution in [0.15, 0.2) is 54.6 Å². The van der Waals surface area contributed by atoms with Crippen LogP contribution in [-0.4, -0.2) is 99.1 Å². The predicted molar refractivity (Wildman–Crippen MR) is 196 cm³/mol. The van der Waals surface area contributed by atoms with Crippen molar-refractivity contribution in [2.45, 2.75) is 89.4 Å². The van der Waals surface area contributed by atoms with Crippen LogP contribution in [0.4, 0.5) is 0 Å². The third-order valence-electron chi connectivity index (χ3n) is 10.7. The van der Waals surface area contributed by atoms with Crippen LogP contribution in [-0.2, 0) is 25.5 Å². The molecule has 2 heterocycles. The van der Waals surface area contributed by atoms with Gasteiger partial charge in [-0.3, -0.25) is 9.69 Å². The maximum absolute atomic E-state index is 14.3. The van der Waals surface area contributed by atoms with Gasteiger partial charge < -0.3 is 33.7 Å². The maximum Gasteiger partial charge on any atom is 0.329 e. The molecule has 3 aliphatic rings. The van der Waals surface area contributed by atoms with Crippen LogP contribution < -0.4 is 14.2 Å². The van der Waals surface area contributed by atoms with Gasteiger partial charge in [0.1, 0.15) is 24.5 Å². The number of amides is 1. The van der Waals surface area contributed by atoms with E-state index in [-0.39, 0.29) is 11.8 Å². The number of ether oxygens (including phenoxy) is 5. The molecule has 1 amide bonds. The number of aliphatic hydroxyl groups is 1. The van der Waals surface area contributed by atoms with Gasteiger partial charge in [0.25, 0.3) is 0 Å². The fourth-order valence-corrected chi connectivity index (χ4v) is 7.84. The molecule has 4 atom stereocenters. The van der Waals surface area contributed by atoms with E-state index in [9.17, 15) is 14.7 Å². The second-order valence-corrected chi connectivity index (χ2v) is 14.0. The van der Waals surface area contributed by atoms with Gasteiger partial charge in [-0.15, -0.1) is 0 Å². The summed E-state index contributed by atoms with van der Waals surface area (Å²) in [5, 5.41) is 11.2. The van der Waals surface area contributed by atoms with E-state index in [1.807, 2.05) is 49.4 Å². The van der Waals surface area contributed by atoms with E-state index in [1.165, 1.54) is 0 Å². The Kier molecular flexibility index (Phi) is 15.0. The van der Waals surface area contributed by atoms with Gasteiger partial charge in [0.2, 0.25) is 5.91 Å². The van der Waals surface area contributed by atoms with E-state index >= 15 is 0 Å². The average molecular weight is 707 g/mol. The highest BCUT2D eigenvalue weighted by atomic mass is 16.5. The summed E-state index contributed by atoms with van der Waals surface area (Å²) in [4.78, 5) is 32.6. The number of allylic oxidation sites excluding steroid dienone is 1. The zero-order valence-electron chi connectivity index (χ0n) is 30.8. The van der Waals surface area contributed by atoms with E-state index in [0.717, 1.165) is 94.7 Å². The van der Waals surface area contributed by atoms with Gasteiger partial charge in [-0.1, -0.05) is 49.6 Å². The van der Waals surface area contributed by atoms with Crippen molar-refractivity contribution in [3.05, 3.63) is 65.7 Å². The first-order valence-corrected chi connectivity index (χ1v) is 19.0. The van der Waals surface area contributed by atoms with Gasteiger partial charge in [-0.2, -0.15) is 0 Å². The number of likely N-dealkylation sites (tertiary alicyclic amines) is 1. The number of piperidine rings is 1. The van der Waals surface area contributed by atoms with E-state index < -0.39 is 30.1 Å². The molecule has 10 heteroatoms. The number of morpholine rings is 1. The van der Waals surface area contributed by atoms with Crippen molar-refractivity contribution in [1.29, 1.82) is 0 Å². The van der Waals surface area contributed by atoms with Crippen LogP contribution in [0.1, 0.15) is 81.9 Å². The SMILES string of the molecule is CC=C[C@@H](O)[C@@H](C(=O)N1CCCC[C@@H]1C(=O)O[C@@H](CCc1ccc(OC)c(OC)c1)c1cccc(OCCN2CCOCC2)c1)C1CCCCC1. The summed E-state index contributed by atoms with van der Waals surface area (Å²) in [6, 6.07) is 12.9. The van der Waals surface area contributed by atoms with Crippen molar-refractivity contribution in [3.63, 3.8) is 0 Å². The molecule has 0 radical (unpaired) electrons. The number of aryl methyl sites for hydroxylation is 1. The molecule has 2 aliphatic heterocycles. The molecule has 0 spiro atoms. The van der Waals surface area contributed by atoms with Crippen molar-refractivity contribution in [2.24, 2.45) is 11.8 Å².